The van der Waals surface area contributed by atoms with Crippen LogP contribution in [0.1, 0.15) is 18.7 Å². The van der Waals surface area contributed by atoms with Gasteiger partial charge in [-0.2, -0.15) is 4.31 Å². The predicted molar refractivity (Wildman–Crippen MR) is 79.3 cm³/mol. The number of halogens is 1. The van der Waals surface area contributed by atoms with Crippen molar-refractivity contribution in [3.05, 3.63) is 16.3 Å². The maximum atomic E-state index is 12.6. The average Bonchev–Trinajstić information content (AvgIpc) is 2.87. The van der Waals surface area contributed by atoms with E-state index in [2.05, 4.69) is 18.7 Å². The maximum absolute atomic E-state index is 12.6. The molecule has 1 aromatic heterocycles. The molecular formula is C12H19ClN2O2S2. The van der Waals surface area contributed by atoms with Crippen molar-refractivity contribution in [3.8, 4) is 0 Å². The summed E-state index contributed by atoms with van der Waals surface area (Å²) in [6.07, 6.45) is 0. The molecule has 0 aliphatic carbocycles. The summed E-state index contributed by atoms with van der Waals surface area (Å²) in [5, 5.41) is 1.79. The van der Waals surface area contributed by atoms with Crippen molar-refractivity contribution in [1.29, 1.82) is 0 Å². The Kier molecular flexibility index (Phi) is 4.89. The van der Waals surface area contributed by atoms with Crippen molar-refractivity contribution in [2.75, 3.05) is 26.2 Å². The van der Waals surface area contributed by atoms with Crippen molar-refractivity contribution in [1.82, 2.24) is 9.21 Å². The molecule has 108 valence electrons. The molecule has 0 saturated carbocycles. The van der Waals surface area contributed by atoms with E-state index in [4.69, 9.17) is 11.6 Å². The third-order valence-electron chi connectivity index (χ3n) is 3.45. The minimum absolute atomic E-state index is 0.248. The quantitative estimate of drug-likeness (QED) is 0.798. The van der Waals surface area contributed by atoms with Gasteiger partial charge in [-0.1, -0.05) is 0 Å². The molecule has 0 spiro atoms. The molecule has 0 amide bonds. The van der Waals surface area contributed by atoms with E-state index < -0.39 is 10.0 Å². The van der Waals surface area contributed by atoms with Gasteiger partial charge in [-0.05, 0) is 25.3 Å². The molecular weight excluding hydrogens is 304 g/mol. The van der Waals surface area contributed by atoms with E-state index in [9.17, 15) is 8.42 Å². The van der Waals surface area contributed by atoms with Crippen molar-refractivity contribution >= 4 is 33.0 Å². The molecule has 0 bridgehead atoms. The summed E-state index contributed by atoms with van der Waals surface area (Å²) in [6.45, 7) is 6.95. The third-order valence-corrected chi connectivity index (χ3v) is 6.91. The largest absolute Gasteiger partial charge is 0.298 e. The third kappa shape index (κ3) is 3.13. The summed E-state index contributed by atoms with van der Waals surface area (Å²) in [5.74, 6) is 0.248. The van der Waals surface area contributed by atoms with Gasteiger partial charge in [0.1, 0.15) is 0 Å². The fourth-order valence-corrected chi connectivity index (χ4v) is 5.35. The molecule has 19 heavy (non-hydrogen) atoms. The van der Waals surface area contributed by atoms with Crippen LogP contribution in [0.15, 0.2) is 16.3 Å². The highest BCUT2D eigenvalue weighted by Gasteiger charge is 2.31. The maximum Gasteiger partial charge on any atom is 0.244 e. The molecule has 1 aromatic rings. The number of alkyl halides is 1. The first-order valence-electron chi connectivity index (χ1n) is 6.33. The molecule has 1 saturated heterocycles. The highest BCUT2D eigenvalue weighted by atomic mass is 35.5. The average molecular weight is 323 g/mol. The standard InChI is InChI=1S/C12H19ClN2O2S2/c1-10(2)14-4-6-15(7-5-14)19(16,17)12-3-8-18-11(12)9-13/h3,8,10H,4-7,9H2,1-2H3. The second-order valence-electron chi connectivity index (χ2n) is 4.88. The van der Waals surface area contributed by atoms with Gasteiger partial charge in [-0.25, -0.2) is 8.42 Å². The Morgan fingerprint density at radius 3 is 2.47 bits per heavy atom. The minimum atomic E-state index is -3.38. The first-order valence-corrected chi connectivity index (χ1v) is 9.18. The predicted octanol–water partition coefficient (Wildman–Crippen LogP) is 2.20. The van der Waals surface area contributed by atoms with Crippen molar-refractivity contribution in [2.45, 2.75) is 30.7 Å². The van der Waals surface area contributed by atoms with Crippen LogP contribution in [0.5, 0.6) is 0 Å². The van der Waals surface area contributed by atoms with Crippen LogP contribution in [-0.4, -0.2) is 49.8 Å². The van der Waals surface area contributed by atoms with Gasteiger partial charge in [0.25, 0.3) is 0 Å². The van der Waals surface area contributed by atoms with E-state index in [-0.39, 0.29) is 5.88 Å². The molecule has 1 aliphatic rings. The van der Waals surface area contributed by atoms with Crippen LogP contribution in [0.25, 0.3) is 0 Å². The lowest BCUT2D eigenvalue weighted by Gasteiger charge is -2.36. The fraction of sp³-hybridized carbons (Fsp3) is 0.667. The molecule has 0 radical (unpaired) electrons. The highest BCUT2D eigenvalue weighted by Crippen LogP contribution is 2.27. The first-order chi connectivity index (χ1) is 8.96. The van der Waals surface area contributed by atoms with Crippen LogP contribution in [0.3, 0.4) is 0 Å². The van der Waals surface area contributed by atoms with Gasteiger partial charge >= 0.3 is 0 Å². The molecule has 2 heterocycles. The molecule has 1 aliphatic heterocycles. The Labute approximate surface area is 124 Å². The zero-order chi connectivity index (χ0) is 14.0. The number of hydrogen-bond donors (Lipinski definition) is 0. The summed E-state index contributed by atoms with van der Waals surface area (Å²) < 4.78 is 26.7. The first kappa shape index (κ1) is 15.3. The topological polar surface area (TPSA) is 40.6 Å². The van der Waals surface area contributed by atoms with Crippen LogP contribution in [-0.2, 0) is 15.9 Å². The van der Waals surface area contributed by atoms with Crippen LogP contribution < -0.4 is 0 Å². The lowest BCUT2D eigenvalue weighted by atomic mass is 10.3. The van der Waals surface area contributed by atoms with Gasteiger partial charge in [-0.15, -0.1) is 22.9 Å². The van der Waals surface area contributed by atoms with Crippen LogP contribution in [0, 0.1) is 0 Å². The summed E-state index contributed by atoms with van der Waals surface area (Å²) in [5.41, 5.74) is 0. The van der Waals surface area contributed by atoms with Crippen LogP contribution in [0.4, 0.5) is 0 Å². The zero-order valence-corrected chi connectivity index (χ0v) is 13.6. The van der Waals surface area contributed by atoms with Crippen molar-refractivity contribution < 1.29 is 8.42 Å². The van der Waals surface area contributed by atoms with Gasteiger partial charge in [-0.3, -0.25) is 4.90 Å². The van der Waals surface area contributed by atoms with Crippen molar-refractivity contribution in [3.63, 3.8) is 0 Å². The summed E-state index contributed by atoms with van der Waals surface area (Å²) in [7, 11) is -3.38. The normalized spacial score (nSPS) is 19.2. The molecule has 1 fully saturated rings. The molecule has 0 atom stereocenters. The van der Waals surface area contributed by atoms with E-state index in [1.54, 1.807) is 15.8 Å². The van der Waals surface area contributed by atoms with Crippen LogP contribution in [0.2, 0.25) is 0 Å². The lowest BCUT2D eigenvalue weighted by Crippen LogP contribution is -2.50. The van der Waals surface area contributed by atoms with E-state index >= 15 is 0 Å². The number of rotatable bonds is 4. The smallest absolute Gasteiger partial charge is 0.244 e. The zero-order valence-electron chi connectivity index (χ0n) is 11.2. The Morgan fingerprint density at radius 1 is 1.32 bits per heavy atom. The Hall–Kier alpha value is -0.140. The molecule has 0 N–H and O–H groups in total. The second kappa shape index (κ2) is 6.10. The summed E-state index contributed by atoms with van der Waals surface area (Å²) in [6, 6.07) is 2.12. The number of sulfonamides is 1. The Morgan fingerprint density at radius 2 is 1.95 bits per heavy atom. The number of nitrogens with zero attached hydrogens (tertiary/aromatic N) is 2. The van der Waals surface area contributed by atoms with Crippen molar-refractivity contribution in [2.24, 2.45) is 0 Å². The molecule has 0 unspecified atom stereocenters. The Bertz CT molecular complexity index is 520. The van der Waals surface area contributed by atoms with Crippen LogP contribution >= 0.6 is 22.9 Å². The Balaban J connectivity index is 2.14. The van der Waals surface area contributed by atoms with E-state index in [1.165, 1.54) is 11.3 Å². The second-order valence-corrected chi connectivity index (χ2v) is 8.05. The monoisotopic (exact) mass is 322 g/mol. The summed E-state index contributed by atoms with van der Waals surface area (Å²) in [4.78, 5) is 3.40. The lowest BCUT2D eigenvalue weighted by molar-refractivity contribution is 0.154. The van der Waals surface area contributed by atoms with Gasteiger partial charge in [0.05, 0.1) is 10.8 Å². The SMILES string of the molecule is CC(C)N1CCN(S(=O)(=O)c2ccsc2CCl)CC1. The fourth-order valence-electron chi connectivity index (χ4n) is 2.26. The van der Waals surface area contributed by atoms with E-state index in [1.807, 2.05) is 0 Å². The number of piperazine rings is 1. The minimum Gasteiger partial charge on any atom is -0.298 e. The number of hydrogen-bond acceptors (Lipinski definition) is 4. The van der Waals surface area contributed by atoms with Gasteiger partial charge in [0.2, 0.25) is 10.0 Å². The van der Waals surface area contributed by atoms with Gasteiger partial charge in [0, 0.05) is 37.1 Å². The highest BCUT2D eigenvalue weighted by molar-refractivity contribution is 7.89. The summed E-state index contributed by atoms with van der Waals surface area (Å²) >= 11 is 7.20. The van der Waals surface area contributed by atoms with E-state index in [0.29, 0.717) is 24.0 Å². The molecule has 0 aromatic carbocycles. The van der Waals surface area contributed by atoms with Gasteiger partial charge < -0.3 is 0 Å². The molecule has 4 nitrogen and oxygen atoms in total. The molecule has 7 heteroatoms. The number of thiophene rings is 1. The van der Waals surface area contributed by atoms with E-state index in [0.717, 1.165) is 18.0 Å². The molecule has 2 rings (SSSR count). The van der Waals surface area contributed by atoms with Gasteiger partial charge in [0.15, 0.2) is 0 Å².